The van der Waals surface area contributed by atoms with Gasteiger partial charge in [0, 0.05) is 38.8 Å². The molecule has 84 valence electrons. The van der Waals surface area contributed by atoms with E-state index in [1.165, 1.54) is 6.42 Å². The van der Waals surface area contributed by atoms with E-state index in [9.17, 15) is 5.11 Å². The maximum atomic E-state index is 9.27. The molecule has 2 unspecified atom stereocenters. The highest BCUT2D eigenvalue weighted by Gasteiger charge is 2.20. The minimum absolute atomic E-state index is 0.190. The van der Waals surface area contributed by atoms with Crippen LogP contribution in [0.25, 0.3) is 0 Å². The van der Waals surface area contributed by atoms with E-state index in [1.54, 1.807) is 0 Å². The van der Waals surface area contributed by atoms with Gasteiger partial charge in [-0.25, -0.2) is 0 Å². The van der Waals surface area contributed by atoms with E-state index in [2.05, 4.69) is 23.6 Å². The summed E-state index contributed by atoms with van der Waals surface area (Å²) in [6.45, 7) is 11.8. The minimum Gasteiger partial charge on any atom is -0.392 e. The molecule has 1 heterocycles. The van der Waals surface area contributed by atoms with Crippen molar-refractivity contribution in [2.45, 2.75) is 39.3 Å². The molecule has 0 amide bonds. The van der Waals surface area contributed by atoms with Crippen molar-refractivity contribution in [3.05, 3.63) is 0 Å². The molecule has 0 bridgehead atoms. The van der Waals surface area contributed by atoms with Crippen LogP contribution in [-0.4, -0.2) is 59.8 Å². The van der Waals surface area contributed by atoms with Crippen LogP contribution in [0, 0.1) is 0 Å². The molecule has 0 aromatic heterocycles. The summed E-state index contributed by atoms with van der Waals surface area (Å²) >= 11 is 0. The van der Waals surface area contributed by atoms with Crippen LogP contribution >= 0.6 is 0 Å². The Morgan fingerprint density at radius 1 is 1.14 bits per heavy atom. The molecule has 0 saturated carbocycles. The second-order valence-corrected chi connectivity index (χ2v) is 4.44. The molecule has 3 nitrogen and oxygen atoms in total. The summed E-state index contributed by atoms with van der Waals surface area (Å²) in [4.78, 5) is 4.89. The number of rotatable bonds is 4. The maximum absolute atomic E-state index is 9.27. The van der Waals surface area contributed by atoms with Gasteiger partial charge in [0.05, 0.1) is 6.10 Å². The fourth-order valence-electron chi connectivity index (χ4n) is 2.02. The lowest BCUT2D eigenvalue weighted by Gasteiger charge is -2.38. The van der Waals surface area contributed by atoms with Crippen molar-refractivity contribution >= 4 is 0 Å². The van der Waals surface area contributed by atoms with Gasteiger partial charge in [-0.15, -0.1) is 0 Å². The fraction of sp³-hybridized carbons (Fsp3) is 1.00. The van der Waals surface area contributed by atoms with Crippen LogP contribution in [0.1, 0.15) is 27.2 Å². The highest BCUT2D eigenvalue weighted by Crippen LogP contribution is 2.08. The van der Waals surface area contributed by atoms with Crippen LogP contribution < -0.4 is 0 Å². The summed E-state index contributed by atoms with van der Waals surface area (Å²) in [7, 11) is 0. The van der Waals surface area contributed by atoms with E-state index in [1.807, 2.05) is 6.92 Å². The number of aliphatic hydroxyl groups is 1. The van der Waals surface area contributed by atoms with Crippen LogP contribution in [0.4, 0.5) is 0 Å². The summed E-state index contributed by atoms with van der Waals surface area (Å²) in [6, 6.07) is 0.712. The van der Waals surface area contributed by atoms with Crippen molar-refractivity contribution in [1.82, 2.24) is 9.80 Å². The van der Waals surface area contributed by atoms with Crippen LogP contribution in [0.3, 0.4) is 0 Å². The highest BCUT2D eigenvalue weighted by atomic mass is 16.3. The van der Waals surface area contributed by atoms with Crippen molar-refractivity contribution in [3.8, 4) is 0 Å². The molecular weight excluding hydrogens is 176 g/mol. The average Bonchev–Trinajstić information content (AvgIpc) is 2.17. The number of aliphatic hydroxyl groups excluding tert-OH is 1. The molecule has 0 radical (unpaired) electrons. The minimum atomic E-state index is -0.190. The van der Waals surface area contributed by atoms with Gasteiger partial charge in [-0.2, -0.15) is 0 Å². The van der Waals surface area contributed by atoms with Gasteiger partial charge in [0.1, 0.15) is 0 Å². The third kappa shape index (κ3) is 3.56. The molecule has 1 N–H and O–H groups in total. The molecule has 0 aliphatic carbocycles. The Balaban J connectivity index is 2.24. The topological polar surface area (TPSA) is 26.7 Å². The van der Waals surface area contributed by atoms with Crippen LogP contribution in [0.2, 0.25) is 0 Å². The first-order valence-electron chi connectivity index (χ1n) is 5.78. The zero-order valence-corrected chi connectivity index (χ0v) is 9.74. The van der Waals surface area contributed by atoms with E-state index in [0.717, 1.165) is 32.7 Å². The molecule has 0 spiro atoms. The molecule has 1 fully saturated rings. The summed E-state index contributed by atoms with van der Waals surface area (Å²) in [5, 5.41) is 9.27. The second kappa shape index (κ2) is 5.69. The SMILES string of the molecule is CCC(C)N1CCN(CC(C)O)CC1. The van der Waals surface area contributed by atoms with E-state index in [-0.39, 0.29) is 6.10 Å². The molecule has 3 heteroatoms. The number of nitrogens with zero attached hydrogens (tertiary/aromatic N) is 2. The van der Waals surface area contributed by atoms with Crippen molar-refractivity contribution in [2.75, 3.05) is 32.7 Å². The van der Waals surface area contributed by atoms with Crippen molar-refractivity contribution in [2.24, 2.45) is 0 Å². The summed E-state index contributed by atoms with van der Waals surface area (Å²) in [5.74, 6) is 0. The lowest BCUT2D eigenvalue weighted by Crippen LogP contribution is -2.50. The first-order valence-corrected chi connectivity index (χ1v) is 5.78. The summed E-state index contributed by atoms with van der Waals surface area (Å²) in [5.41, 5.74) is 0. The van der Waals surface area contributed by atoms with E-state index in [0.29, 0.717) is 6.04 Å². The van der Waals surface area contributed by atoms with Gasteiger partial charge in [-0.1, -0.05) is 6.92 Å². The molecule has 0 aromatic carbocycles. The lowest BCUT2D eigenvalue weighted by molar-refractivity contribution is 0.0649. The van der Waals surface area contributed by atoms with Crippen LogP contribution in [-0.2, 0) is 0 Å². The predicted octanol–water partition coefficient (Wildman–Crippen LogP) is 0.783. The number of piperazine rings is 1. The zero-order chi connectivity index (χ0) is 10.6. The van der Waals surface area contributed by atoms with Crippen molar-refractivity contribution in [3.63, 3.8) is 0 Å². The lowest BCUT2D eigenvalue weighted by atomic mass is 10.2. The van der Waals surface area contributed by atoms with Gasteiger partial charge in [0.2, 0.25) is 0 Å². The van der Waals surface area contributed by atoms with Gasteiger partial charge < -0.3 is 5.11 Å². The highest BCUT2D eigenvalue weighted by molar-refractivity contribution is 4.76. The Morgan fingerprint density at radius 3 is 2.14 bits per heavy atom. The van der Waals surface area contributed by atoms with Gasteiger partial charge >= 0.3 is 0 Å². The zero-order valence-electron chi connectivity index (χ0n) is 9.74. The number of hydrogen-bond acceptors (Lipinski definition) is 3. The van der Waals surface area contributed by atoms with E-state index >= 15 is 0 Å². The van der Waals surface area contributed by atoms with Gasteiger partial charge in [0.15, 0.2) is 0 Å². The molecule has 1 rings (SSSR count). The average molecular weight is 200 g/mol. The smallest absolute Gasteiger partial charge is 0.0639 e. The van der Waals surface area contributed by atoms with Crippen LogP contribution in [0.15, 0.2) is 0 Å². The summed E-state index contributed by atoms with van der Waals surface area (Å²) in [6.07, 6.45) is 1.04. The molecule has 1 aliphatic heterocycles. The predicted molar refractivity (Wildman–Crippen MR) is 59.4 cm³/mol. The van der Waals surface area contributed by atoms with Gasteiger partial charge in [-0.3, -0.25) is 9.80 Å². The third-order valence-electron chi connectivity index (χ3n) is 3.14. The molecule has 2 atom stereocenters. The molecule has 0 aromatic rings. The quantitative estimate of drug-likeness (QED) is 0.726. The monoisotopic (exact) mass is 200 g/mol. The normalized spacial score (nSPS) is 24.9. The Labute approximate surface area is 87.7 Å². The number of hydrogen-bond donors (Lipinski definition) is 1. The summed E-state index contributed by atoms with van der Waals surface area (Å²) < 4.78 is 0. The molecule has 1 aliphatic rings. The number of β-amino-alcohol motifs (C(OH)–C–C–N with tert-alkyl or cyclic N) is 1. The van der Waals surface area contributed by atoms with E-state index in [4.69, 9.17) is 0 Å². The Morgan fingerprint density at radius 2 is 1.71 bits per heavy atom. The van der Waals surface area contributed by atoms with Gasteiger partial charge in [-0.05, 0) is 20.3 Å². The van der Waals surface area contributed by atoms with E-state index < -0.39 is 0 Å². The Hall–Kier alpha value is -0.120. The molecule has 1 saturated heterocycles. The third-order valence-corrected chi connectivity index (χ3v) is 3.14. The Bertz CT molecular complexity index is 153. The standard InChI is InChI=1S/C11H24N2O/c1-4-10(2)13-7-5-12(6-8-13)9-11(3)14/h10-11,14H,4-9H2,1-3H3. The first-order chi connectivity index (χ1) is 6.63. The second-order valence-electron chi connectivity index (χ2n) is 4.44. The first kappa shape index (κ1) is 12.0. The largest absolute Gasteiger partial charge is 0.392 e. The maximum Gasteiger partial charge on any atom is 0.0639 e. The van der Waals surface area contributed by atoms with Crippen molar-refractivity contribution < 1.29 is 5.11 Å². The fourth-order valence-corrected chi connectivity index (χ4v) is 2.02. The van der Waals surface area contributed by atoms with Gasteiger partial charge in [0.25, 0.3) is 0 Å². The van der Waals surface area contributed by atoms with Crippen LogP contribution in [0.5, 0.6) is 0 Å². The van der Waals surface area contributed by atoms with Crippen molar-refractivity contribution in [1.29, 1.82) is 0 Å². The molecular formula is C11H24N2O. The molecule has 14 heavy (non-hydrogen) atoms. The Kier molecular flexibility index (Phi) is 4.85.